The number of hydrogen-bond acceptors (Lipinski definition) is 3. The van der Waals surface area contributed by atoms with Crippen LogP contribution in [0.2, 0.25) is 0 Å². The highest BCUT2D eigenvalue weighted by atomic mass is 32.1. The molecule has 0 fully saturated rings. The van der Waals surface area contributed by atoms with Crippen molar-refractivity contribution in [3.05, 3.63) is 69.4 Å². The third-order valence-corrected chi connectivity index (χ3v) is 6.54. The first-order chi connectivity index (χ1) is 15.3. The summed E-state index contributed by atoms with van der Waals surface area (Å²) in [4.78, 5) is 5.80. The fourth-order valence-electron chi connectivity index (χ4n) is 3.66. The van der Waals surface area contributed by atoms with Gasteiger partial charge in [-0.1, -0.05) is 92.6 Å². The van der Waals surface area contributed by atoms with E-state index in [2.05, 4.69) is 128 Å². The number of aromatic nitrogens is 3. The molecule has 2 heterocycles. The smallest absolute Gasteiger partial charge is 0.0797 e. The summed E-state index contributed by atoms with van der Waals surface area (Å²) in [5.41, 5.74) is 7.59. The molecule has 0 radical (unpaired) electrons. The van der Waals surface area contributed by atoms with E-state index < -0.39 is 0 Å². The van der Waals surface area contributed by atoms with Crippen LogP contribution in [-0.4, -0.2) is 14.8 Å². The summed E-state index contributed by atoms with van der Waals surface area (Å²) in [5.74, 6) is 1.76. The first-order valence-corrected chi connectivity index (χ1v) is 13.2. The predicted octanol–water partition coefficient (Wildman–Crippen LogP) is 9.27. The molecule has 33 heavy (non-hydrogen) atoms. The second-order valence-electron chi connectivity index (χ2n) is 10.9. The summed E-state index contributed by atoms with van der Waals surface area (Å²) < 4.78 is 2.11. The molecule has 0 saturated heterocycles. The van der Waals surface area contributed by atoms with E-state index in [4.69, 9.17) is 0 Å². The van der Waals surface area contributed by atoms with Gasteiger partial charge in [-0.25, -0.2) is 4.98 Å². The fraction of sp³-hybridized carbons (Fsp3) is 0.586. The Balaban J connectivity index is 0.000000249. The normalized spacial score (nSPS) is 11.5. The molecule has 0 spiro atoms. The molecule has 0 bridgehead atoms. The highest BCUT2D eigenvalue weighted by Crippen LogP contribution is 2.28. The molecule has 0 amide bonds. The molecule has 0 atom stereocenters. The van der Waals surface area contributed by atoms with E-state index in [0.717, 1.165) is 0 Å². The van der Waals surface area contributed by atoms with Gasteiger partial charge in [-0.05, 0) is 55.1 Å². The molecule has 2 aromatic heterocycles. The summed E-state index contributed by atoms with van der Waals surface area (Å²) in [6.07, 6.45) is 1.95. The van der Waals surface area contributed by atoms with Crippen molar-refractivity contribution in [2.45, 2.75) is 112 Å². The minimum Gasteiger partial charge on any atom is -0.267 e. The maximum absolute atomic E-state index is 4.36. The van der Waals surface area contributed by atoms with E-state index in [9.17, 15) is 0 Å². The van der Waals surface area contributed by atoms with E-state index in [1.807, 2.05) is 11.7 Å². The van der Waals surface area contributed by atoms with Gasteiger partial charge in [0.05, 0.1) is 17.4 Å². The molecular weight excluding hydrogens is 422 g/mol. The van der Waals surface area contributed by atoms with Crippen molar-refractivity contribution in [1.29, 1.82) is 0 Å². The number of hydrogen-bond donors (Lipinski definition) is 0. The molecule has 1 aromatic carbocycles. The van der Waals surface area contributed by atoms with E-state index in [0.29, 0.717) is 29.2 Å². The van der Waals surface area contributed by atoms with Crippen molar-refractivity contribution >= 4 is 11.3 Å². The lowest BCUT2D eigenvalue weighted by atomic mass is 9.87. The van der Waals surface area contributed by atoms with Crippen LogP contribution in [0.25, 0.3) is 0 Å². The summed E-state index contributed by atoms with van der Waals surface area (Å²) in [6, 6.07) is 11.0. The second kappa shape index (κ2) is 13.1. The lowest BCUT2D eigenvalue weighted by molar-refractivity contribution is 0.497. The molecule has 3 rings (SSSR count). The average molecular weight is 470 g/mol. The van der Waals surface area contributed by atoms with Gasteiger partial charge >= 0.3 is 0 Å². The van der Waals surface area contributed by atoms with E-state index in [-0.39, 0.29) is 0 Å². The predicted molar refractivity (Wildman–Crippen MR) is 147 cm³/mol. The van der Waals surface area contributed by atoms with Gasteiger partial charge in [0.15, 0.2) is 0 Å². The van der Waals surface area contributed by atoms with Crippen molar-refractivity contribution in [1.82, 2.24) is 14.8 Å². The molecule has 0 N–H and O–H groups in total. The lowest BCUT2D eigenvalue weighted by Gasteiger charge is -2.18. The van der Waals surface area contributed by atoms with Gasteiger partial charge in [-0.15, -0.1) is 11.3 Å². The highest BCUT2D eigenvalue weighted by molar-refractivity contribution is 7.09. The number of thiazole rings is 1. The first-order valence-electron chi connectivity index (χ1n) is 12.3. The highest BCUT2D eigenvalue weighted by Gasteiger charge is 2.13. The molecule has 4 heteroatoms. The molecule has 184 valence electrons. The molecular formula is C29H47N3S. The van der Waals surface area contributed by atoms with Crippen LogP contribution in [0.15, 0.2) is 42.0 Å². The molecule has 0 aliphatic rings. The maximum Gasteiger partial charge on any atom is 0.0797 e. The number of rotatable bonds is 4. The molecule has 3 nitrogen and oxygen atoms in total. The third-order valence-electron chi connectivity index (χ3n) is 5.40. The van der Waals surface area contributed by atoms with Gasteiger partial charge in [0, 0.05) is 16.6 Å². The number of nitrogens with zero attached hydrogens (tertiary/aromatic N) is 3. The Morgan fingerprint density at radius 2 is 1.39 bits per heavy atom. The topological polar surface area (TPSA) is 30.7 Å². The van der Waals surface area contributed by atoms with Gasteiger partial charge in [0.1, 0.15) is 0 Å². The van der Waals surface area contributed by atoms with E-state index in [1.54, 1.807) is 11.3 Å². The summed E-state index contributed by atoms with van der Waals surface area (Å²) >= 11 is 1.77. The van der Waals surface area contributed by atoms with Crippen LogP contribution in [0, 0.1) is 6.92 Å². The Bertz CT molecular complexity index is 903. The minimum atomic E-state index is 0.293. The SMILES string of the molecule is CC(C)(C)c1ccccc1.CC(C)c1ncsc1C(C)C.Cc1cnn(C(C)C)c1C(C)C. The van der Waals surface area contributed by atoms with Gasteiger partial charge in [0.2, 0.25) is 0 Å². The summed E-state index contributed by atoms with van der Waals surface area (Å²) in [7, 11) is 0. The average Bonchev–Trinajstić information content (AvgIpc) is 3.36. The maximum atomic E-state index is 4.36. The third kappa shape index (κ3) is 9.08. The van der Waals surface area contributed by atoms with Crippen molar-refractivity contribution in [2.24, 2.45) is 0 Å². The minimum absolute atomic E-state index is 0.293. The van der Waals surface area contributed by atoms with Crippen molar-refractivity contribution in [3.63, 3.8) is 0 Å². The van der Waals surface area contributed by atoms with Crippen LogP contribution in [0.4, 0.5) is 0 Å². The Hall–Kier alpha value is -1.94. The monoisotopic (exact) mass is 469 g/mol. The Morgan fingerprint density at radius 3 is 1.73 bits per heavy atom. The molecule has 0 unspecified atom stereocenters. The van der Waals surface area contributed by atoms with Crippen LogP contribution in [0.1, 0.15) is 127 Å². The van der Waals surface area contributed by atoms with E-state index >= 15 is 0 Å². The standard InChI is InChI=1S/C10H18N2.C10H14.C9H15NS/c1-7(2)10-9(5)6-11-12(10)8(3)4;1-10(2,3)9-7-5-4-6-8-9;1-6(2)8-9(7(3)4)11-5-10-8/h6-8H,1-5H3;4-8H,1-3H3;5-7H,1-4H3. The Labute approximate surface area is 207 Å². The second-order valence-corrected chi connectivity index (χ2v) is 11.8. The fourth-order valence-corrected chi connectivity index (χ4v) is 4.62. The molecule has 0 aliphatic carbocycles. The summed E-state index contributed by atoms with van der Waals surface area (Å²) in [6.45, 7) is 26.4. The van der Waals surface area contributed by atoms with Crippen molar-refractivity contribution in [3.8, 4) is 0 Å². The van der Waals surface area contributed by atoms with Crippen LogP contribution in [0.5, 0.6) is 0 Å². The van der Waals surface area contributed by atoms with Crippen molar-refractivity contribution in [2.75, 3.05) is 0 Å². The molecule has 0 aliphatic heterocycles. The van der Waals surface area contributed by atoms with Crippen molar-refractivity contribution < 1.29 is 0 Å². The van der Waals surface area contributed by atoms with Gasteiger partial charge in [0.25, 0.3) is 0 Å². The largest absolute Gasteiger partial charge is 0.267 e. The van der Waals surface area contributed by atoms with Gasteiger partial charge in [-0.3, -0.25) is 4.68 Å². The zero-order chi connectivity index (χ0) is 25.3. The lowest BCUT2D eigenvalue weighted by Crippen LogP contribution is -2.10. The molecule has 0 saturated carbocycles. The Morgan fingerprint density at radius 1 is 0.818 bits per heavy atom. The van der Waals surface area contributed by atoms with Crippen LogP contribution < -0.4 is 0 Å². The van der Waals surface area contributed by atoms with Crippen LogP contribution >= 0.6 is 11.3 Å². The van der Waals surface area contributed by atoms with Gasteiger partial charge in [-0.2, -0.15) is 5.10 Å². The number of benzene rings is 1. The molecule has 3 aromatic rings. The van der Waals surface area contributed by atoms with Gasteiger partial charge < -0.3 is 0 Å². The quantitative estimate of drug-likeness (QED) is 0.381. The Kier molecular flexibility index (Phi) is 11.5. The summed E-state index contributed by atoms with van der Waals surface area (Å²) in [5, 5.41) is 4.35. The first kappa shape index (κ1) is 29.1. The van der Waals surface area contributed by atoms with E-state index in [1.165, 1.54) is 27.4 Å². The number of aryl methyl sites for hydroxylation is 1. The zero-order valence-corrected chi connectivity index (χ0v) is 23.9. The zero-order valence-electron chi connectivity index (χ0n) is 23.1. The van der Waals surface area contributed by atoms with Crippen LogP contribution in [-0.2, 0) is 5.41 Å². The van der Waals surface area contributed by atoms with Crippen LogP contribution in [0.3, 0.4) is 0 Å².